The van der Waals surface area contributed by atoms with E-state index >= 15 is 0 Å². The van der Waals surface area contributed by atoms with E-state index in [1.165, 1.54) is 12.5 Å². The number of aromatic amines is 1. The van der Waals surface area contributed by atoms with Gasteiger partial charge in [-0.2, -0.15) is 5.90 Å². The fourth-order valence-corrected chi connectivity index (χ4v) is 0.431. The zero-order chi connectivity index (χ0) is 6.69. The molecule has 0 spiro atoms. The molecule has 1 aromatic rings. The number of nitrogens with zero attached hydrogens (tertiary/aromatic N) is 1. The van der Waals surface area contributed by atoms with Crippen LogP contribution in [-0.2, 0) is 4.84 Å². The van der Waals surface area contributed by atoms with Gasteiger partial charge in [0.2, 0.25) is 0 Å². The summed E-state index contributed by atoms with van der Waals surface area (Å²) in [6.07, 6.45) is 2.70. The van der Waals surface area contributed by atoms with Crippen molar-refractivity contribution in [1.29, 1.82) is 0 Å². The van der Waals surface area contributed by atoms with Crippen LogP contribution in [0.5, 0.6) is 0 Å². The van der Waals surface area contributed by atoms with Crippen LogP contribution in [0, 0.1) is 0 Å². The second-order valence-corrected chi connectivity index (χ2v) is 1.37. The Bertz CT molecular complexity index is 194. The van der Waals surface area contributed by atoms with Gasteiger partial charge < -0.3 is 9.82 Å². The molecule has 1 heterocycles. The number of carbonyl (C=O) groups excluding carboxylic acids is 1. The second-order valence-electron chi connectivity index (χ2n) is 1.37. The van der Waals surface area contributed by atoms with Crippen LogP contribution in [0.1, 0.15) is 10.5 Å². The van der Waals surface area contributed by atoms with Crippen LogP contribution < -0.4 is 5.90 Å². The second kappa shape index (κ2) is 2.27. The predicted octanol–water partition coefficient (Wildman–Crippen LogP) is -0.560. The Balaban J connectivity index is 2.77. The van der Waals surface area contributed by atoms with Crippen LogP contribution in [0.15, 0.2) is 12.5 Å². The van der Waals surface area contributed by atoms with Crippen molar-refractivity contribution in [1.82, 2.24) is 9.97 Å². The maximum absolute atomic E-state index is 10.5. The minimum atomic E-state index is -0.618. The summed E-state index contributed by atoms with van der Waals surface area (Å²) in [5, 5.41) is 0. The molecule has 3 N–H and O–H groups in total. The third kappa shape index (κ3) is 1.06. The van der Waals surface area contributed by atoms with Gasteiger partial charge in [0.15, 0.2) is 0 Å². The molecule has 5 heteroatoms. The first-order valence-corrected chi connectivity index (χ1v) is 2.24. The Hall–Kier alpha value is -1.36. The Morgan fingerprint density at radius 1 is 1.89 bits per heavy atom. The zero-order valence-electron chi connectivity index (χ0n) is 4.50. The molecule has 0 aliphatic rings. The van der Waals surface area contributed by atoms with Gasteiger partial charge in [-0.15, -0.1) is 0 Å². The van der Waals surface area contributed by atoms with Gasteiger partial charge in [0, 0.05) is 0 Å². The smallest absolute Gasteiger partial charge is 0.369 e. The van der Waals surface area contributed by atoms with E-state index in [0.29, 0.717) is 0 Å². The Kier molecular flexibility index (Phi) is 1.46. The van der Waals surface area contributed by atoms with Crippen molar-refractivity contribution in [3.63, 3.8) is 0 Å². The molecule has 0 atom stereocenters. The van der Waals surface area contributed by atoms with E-state index in [4.69, 9.17) is 0 Å². The molecular weight excluding hydrogens is 122 g/mol. The first kappa shape index (κ1) is 5.77. The standard InChI is InChI=1S/C4H5N3O2/c5-9-4(8)3-1-6-2-7-3/h1-2H,5H2,(H,6,7). The summed E-state index contributed by atoms with van der Waals surface area (Å²) in [5.74, 6) is 3.95. The van der Waals surface area contributed by atoms with E-state index in [1.54, 1.807) is 0 Å². The zero-order valence-corrected chi connectivity index (χ0v) is 4.50. The van der Waals surface area contributed by atoms with Gasteiger partial charge in [0.25, 0.3) is 0 Å². The SMILES string of the molecule is NOC(=O)c1cnc[nH]1. The Morgan fingerprint density at radius 3 is 3.11 bits per heavy atom. The summed E-state index contributed by atoms with van der Waals surface area (Å²) >= 11 is 0. The summed E-state index contributed by atoms with van der Waals surface area (Å²) < 4.78 is 0. The van der Waals surface area contributed by atoms with Crippen LogP contribution in [-0.4, -0.2) is 15.9 Å². The van der Waals surface area contributed by atoms with Crippen LogP contribution in [0.3, 0.4) is 0 Å². The fraction of sp³-hybridized carbons (Fsp3) is 0. The van der Waals surface area contributed by atoms with E-state index in [9.17, 15) is 4.79 Å². The first-order chi connectivity index (χ1) is 4.34. The molecule has 9 heavy (non-hydrogen) atoms. The van der Waals surface area contributed by atoms with Gasteiger partial charge in [0.1, 0.15) is 5.69 Å². The van der Waals surface area contributed by atoms with Crippen molar-refractivity contribution in [2.75, 3.05) is 0 Å². The van der Waals surface area contributed by atoms with E-state index < -0.39 is 5.97 Å². The average molecular weight is 127 g/mol. The number of nitrogens with one attached hydrogen (secondary N) is 1. The summed E-state index contributed by atoms with van der Waals surface area (Å²) in [5.41, 5.74) is 0.248. The Labute approximate surface area is 50.8 Å². The lowest BCUT2D eigenvalue weighted by atomic mass is 10.5. The number of hydrogen-bond acceptors (Lipinski definition) is 4. The van der Waals surface area contributed by atoms with Crippen molar-refractivity contribution in [3.05, 3.63) is 18.2 Å². The molecule has 0 aromatic carbocycles. The summed E-state index contributed by atoms with van der Waals surface area (Å²) in [6, 6.07) is 0. The summed E-state index contributed by atoms with van der Waals surface area (Å²) in [6.45, 7) is 0. The molecule has 1 rings (SSSR count). The van der Waals surface area contributed by atoms with Gasteiger partial charge >= 0.3 is 5.97 Å². The topological polar surface area (TPSA) is 81.0 Å². The van der Waals surface area contributed by atoms with E-state index in [1.807, 2.05) is 0 Å². The summed E-state index contributed by atoms with van der Waals surface area (Å²) in [7, 11) is 0. The highest BCUT2D eigenvalue weighted by molar-refractivity contribution is 5.86. The van der Waals surface area contributed by atoms with Crippen LogP contribution >= 0.6 is 0 Å². The monoisotopic (exact) mass is 127 g/mol. The normalized spacial score (nSPS) is 9.00. The van der Waals surface area contributed by atoms with Crippen LogP contribution in [0.25, 0.3) is 0 Å². The largest absolute Gasteiger partial charge is 0.374 e. The maximum atomic E-state index is 10.5. The molecule has 0 unspecified atom stereocenters. The predicted molar refractivity (Wildman–Crippen MR) is 28.2 cm³/mol. The molecule has 1 aromatic heterocycles. The minimum Gasteiger partial charge on any atom is -0.369 e. The fourth-order valence-electron chi connectivity index (χ4n) is 0.431. The van der Waals surface area contributed by atoms with Crippen molar-refractivity contribution >= 4 is 5.97 Å². The first-order valence-electron chi connectivity index (χ1n) is 2.24. The highest BCUT2D eigenvalue weighted by Gasteiger charge is 2.04. The van der Waals surface area contributed by atoms with E-state index in [-0.39, 0.29) is 5.69 Å². The third-order valence-corrected chi connectivity index (χ3v) is 0.825. The van der Waals surface area contributed by atoms with Gasteiger partial charge in [-0.3, -0.25) is 0 Å². The molecule has 0 aliphatic heterocycles. The number of aromatic nitrogens is 2. The molecule has 0 amide bonds. The average Bonchev–Trinajstić information content (AvgIpc) is 2.37. The lowest BCUT2D eigenvalue weighted by Crippen LogP contribution is -2.09. The highest BCUT2D eigenvalue weighted by Crippen LogP contribution is 1.90. The molecule has 0 fully saturated rings. The third-order valence-electron chi connectivity index (χ3n) is 0.825. The number of H-pyrrole nitrogens is 1. The van der Waals surface area contributed by atoms with Gasteiger partial charge in [-0.05, 0) is 0 Å². The highest BCUT2D eigenvalue weighted by atomic mass is 16.7. The maximum Gasteiger partial charge on any atom is 0.374 e. The van der Waals surface area contributed by atoms with E-state index in [2.05, 4.69) is 20.7 Å². The minimum absolute atomic E-state index is 0.248. The number of hydrogen-bond donors (Lipinski definition) is 2. The van der Waals surface area contributed by atoms with Crippen LogP contribution in [0.4, 0.5) is 0 Å². The molecular formula is C4H5N3O2. The quantitative estimate of drug-likeness (QED) is 0.495. The molecule has 0 bridgehead atoms. The van der Waals surface area contributed by atoms with Gasteiger partial charge in [-0.25, -0.2) is 9.78 Å². The number of rotatable bonds is 1. The molecule has 5 nitrogen and oxygen atoms in total. The Morgan fingerprint density at radius 2 is 2.67 bits per heavy atom. The van der Waals surface area contributed by atoms with Crippen molar-refractivity contribution in [3.8, 4) is 0 Å². The van der Waals surface area contributed by atoms with Gasteiger partial charge in [0.05, 0.1) is 12.5 Å². The summed E-state index contributed by atoms with van der Waals surface area (Å²) in [4.78, 5) is 20.4. The molecule has 0 radical (unpaired) electrons. The number of imidazole rings is 1. The molecule has 0 saturated heterocycles. The number of carbonyl (C=O) groups is 1. The van der Waals surface area contributed by atoms with Crippen molar-refractivity contribution < 1.29 is 9.63 Å². The molecule has 0 saturated carbocycles. The van der Waals surface area contributed by atoms with E-state index in [0.717, 1.165) is 0 Å². The van der Waals surface area contributed by atoms with Gasteiger partial charge in [-0.1, -0.05) is 0 Å². The van der Waals surface area contributed by atoms with Crippen LogP contribution in [0.2, 0.25) is 0 Å². The molecule has 0 aliphatic carbocycles. The molecule has 48 valence electrons. The lowest BCUT2D eigenvalue weighted by Gasteiger charge is -1.89. The van der Waals surface area contributed by atoms with Crippen molar-refractivity contribution in [2.24, 2.45) is 5.90 Å². The van der Waals surface area contributed by atoms with Crippen molar-refractivity contribution in [2.45, 2.75) is 0 Å². The lowest BCUT2D eigenvalue weighted by molar-refractivity contribution is 0.0497. The number of nitrogens with two attached hydrogens (primary N) is 1.